The number of rotatable bonds is 4. The van der Waals surface area contributed by atoms with Crippen molar-refractivity contribution in [2.24, 2.45) is 11.8 Å². The van der Waals surface area contributed by atoms with Gasteiger partial charge in [-0.05, 0) is 30.0 Å². The highest BCUT2D eigenvalue weighted by Crippen LogP contribution is 2.19. The van der Waals surface area contributed by atoms with E-state index in [1.54, 1.807) is 0 Å². The van der Waals surface area contributed by atoms with Gasteiger partial charge in [0, 0.05) is 13.1 Å². The van der Waals surface area contributed by atoms with Gasteiger partial charge in [0.05, 0.1) is 6.42 Å². The fraction of sp³-hybridized carbons (Fsp3) is 0.500. The van der Waals surface area contributed by atoms with Crippen LogP contribution in [0.5, 0.6) is 0 Å². The molecular formula is C14H21N3O. The molecule has 0 bridgehead atoms. The zero-order chi connectivity index (χ0) is 13.0. The average molecular weight is 247 g/mol. The molecule has 4 nitrogen and oxygen atoms in total. The summed E-state index contributed by atoms with van der Waals surface area (Å²) in [4.78, 5) is 13.8. The van der Waals surface area contributed by atoms with Crippen molar-refractivity contribution in [3.05, 3.63) is 35.4 Å². The fourth-order valence-corrected chi connectivity index (χ4v) is 2.52. The Morgan fingerprint density at radius 1 is 1.44 bits per heavy atom. The Balaban J connectivity index is 2.05. The molecule has 0 aliphatic carbocycles. The Bertz CT molecular complexity index is 419. The topological polar surface area (TPSA) is 58.4 Å². The second-order valence-electron chi connectivity index (χ2n) is 5.14. The number of hydrazine groups is 1. The molecule has 1 fully saturated rings. The summed E-state index contributed by atoms with van der Waals surface area (Å²) < 4.78 is 0. The molecule has 1 aromatic carbocycles. The second-order valence-corrected chi connectivity index (χ2v) is 5.14. The number of likely N-dealkylation sites (tertiary alicyclic amines) is 1. The first-order valence-corrected chi connectivity index (χ1v) is 6.47. The number of carbonyl (C=O) groups is 1. The van der Waals surface area contributed by atoms with E-state index in [2.05, 4.69) is 23.3 Å². The smallest absolute Gasteiger partial charge is 0.238 e. The van der Waals surface area contributed by atoms with Crippen LogP contribution in [0.25, 0.3) is 0 Å². The van der Waals surface area contributed by atoms with Gasteiger partial charge in [-0.2, -0.15) is 0 Å². The fourth-order valence-electron chi connectivity index (χ4n) is 2.52. The third kappa shape index (κ3) is 3.31. The molecule has 1 heterocycles. The van der Waals surface area contributed by atoms with E-state index < -0.39 is 0 Å². The summed E-state index contributed by atoms with van der Waals surface area (Å²) in [6.07, 6.45) is 1.63. The molecule has 0 radical (unpaired) electrons. The number of nitrogens with zero attached hydrogens (tertiary/aromatic N) is 1. The Labute approximate surface area is 108 Å². The second kappa shape index (κ2) is 5.98. The molecule has 1 unspecified atom stereocenters. The van der Waals surface area contributed by atoms with Crippen LogP contribution >= 0.6 is 0 Å². The lowest BCUT2D eigenvalue weighted by Crippen LogP contribution is -2.32. The number of nitrogens with two attached hydrogens (primary N) is 1. The molecule has 1 atom stereocenters. The lowest BCUT2D eigenvalue weighted by Gasteiger charge is -2.17. The highest BCUT2D eigenvalue weighted by Gasteiger charge is 2.19. The van der Waals surface area contributed by atoms with Crippen molar-refractivity contribution in [2.45, 2.75) is 26.3 Å². The zero-order valence-corrected chi connectivity index (χ0v) is 10.9. The van der Waals surface area contributed by atoms with E-state index in [-0.39, 0.29) is 5.91 Å². The van der Waals surface area contributed by atoms with Gasteiger partial charge in [0.15, 0.2) is 0 Å². The van der Waals surface area contributed by atoms with Crippen LogP contribution in [0.4, 0.5) is 0 Å². The first-order chi connectivity index (χ1) is 8.69. The van der Waals surface area contributed by atoms with E-state index >= 15 is 0 Å². The van der Waals surface area contributed by atoms with Gasteiger partial charge in [-0.1, -0.05) is 31.2 Å². The van der Waals surface area contributed by atoms with Gasteiger partial charge < -0.3 is 0 Å². The van der Waals surface area contributed by atoms with Crippen molar-refractivity contribution >= 4 is 5.91 Å². The Kier molecular flexibility index (Phi) is 4.33. The summed E-state index contributed by atoms with van der Waals surface area (Å²) in [6.45, 7) is 5.52. The maximum atomic E-state index is 11.4. The molecule has 2 rings (SSSR count). The van der Waals surface area contributed by atoms with Crippen molar-refractivity contribution in [3.8, 4) is 0 Å². The van der Waals surface area contributed by atoms with E-state index in [0.29, 0.717) is 6.42 Å². The molecule has 1 amide bonds. The number of benzene rings is 1. The minimum atomic E-state index is -0.141. The quantitative estimate of drug-likeness (QED) is 0.475. The summed E-state index contributed by atoms with van der Waals surface area (Å²) in [5.74, 6) is 5.78. The largest absolute Gasteiger partial charge is 0.299 e. The molecule has 18 heavy (non-hydrogen) atoms. The van der Waals surface area contributed by atoms with Crippen LogP contribution in [0.15, 0.2) is 24.3 Å². The van der Waals surface area contributed by atoms with Gasteiger partial charge in [-0.3, -0.25) is 15.1 Å². The van der Waals surface area contributed by atoms with Gasteiger partial charge in [0.25, 0.3) is 0 Å². The van der Waals surface area contributed by atoms with Crippen LogP contribution in [0.1, 0.15) is 24.5 Å². The summed E-state index contributed by atoms with van der Waals surface area (Å²) >= 11 is 0. The number of nitrogens with one attached hydrogen (secondary N) is 1. The minimum Gasteiger partial charge on any atom is -0.299 e. The Morgan fingerprint density at radius 2 is 2.17 bits per heavy atom. The lowest BCUT2D eigenvalue weighted by molar-refractivity contribution is -0.120. The molecular weight excluding hydrogens is 226 g/mol. The Hall–Kier alpha value is -1.39. The van der Waals surface area contributed by atoms with Crippen LogP contribution in [0.2, 0.25) is 0 Å². The molecule has 0 spiro atoms. The molecule has 1 aliphatic heterocycles. The number of hydrogen-bond donors (Lipinski definition) is 2. The Morgan fingerprint density at radius 3 is 2.78 bits per heavy atom. The van der Waals surface area contributed by atoms with Gasteiger partial charge >= 0.3 is 0 Å². The van der Waals surface area contributed by atoms with Crippen LogP contribution in [-0.2, 0) is 17.8 Å². The van der Waals surface area contributed by atoms with E-state index in [1.165, 1.54) is 12.0 Å². The van der Waals surface area contributed by atoms with Gasteiger partial charge in [-0.15, -0.1) is 0 Å². The maximum Gasteiger partial charge on any atom is 0.238 e. The minimum absolute atomic E-state index is 0.141. The summed E-state index contributed by atoms with van der Waals surface area (Å²) in [7, 11) is 0. The third-order valence-electron chi connectivity index (χ3n) is 3.53. The first-order valence-electron chi connectivity index (χ1n) is 6.47. The number of hydrogen-bond acceptors (Lipinski definition) is 3. The molecule has 1 saturated heterocycles. The number of carbonyl (C=O) groups excluding carboxylic acids is 1. The van der Waals surface area contributed by atoms with Crippen molar-refractivity contribution in [2.75, 3.05) is 13.1 Å². The normalized spacial score (nSPS) is 20.0. The first kappa shape index (κ1) is 13.1. The van der Waals surface area contributed by atoms with E-state index in [0.717, 1.165) is 31.1 Å². The van der Waals surface area contributed by atoms with Crippen LogP contribution < -0.4 is 11.3 Å². The molecule has 4 heteroatoms. The summed E-state index contributed by atoms with van der Waals surface area (Å²) in [5, 5.41) is 0. The van der Waals surface area contributed by atoms with Gasteiger partial charge in [0.2, 0.25) is 5.91 Å². The predicted molar refractivity (Wildman–Crippen MR) is 71.5 cm³/mol. The molecule has 0 saturated carbocycles. The van der Waals surface area contributed by atoms with Crippen molar-refractivity contribution in [1.29, 1.82) is 0 Å². The molecule has 98 valence electrons. The maximum absolute atomic E-state index is 11.4. The van der Waals surface area contributed by atoms with Gasteiger partial charge in [-0.25, -0.2) is 5.84 Å². The molecule has 3 N–H and O–H groups in total. The van der Waals surface area contributed by atoms with E-state index in [4.69, 9.17) is 5.84 Å². The third-order valence-corrected chi connectivity index (χ3v) is 3.53. The van der Waals surface area contributed by atoms with Crippen molar-refractivity contribution in [3.63, 3.8) is 0 Å². The molecule has 0 aromatic heterocycles. The van der Waals surface area contributed by atoms with Crippen LogP contribution in [0.3, 0.4) is 0 Å². The molecule has 1 aliphatic rings. The van der Waals surface area contributed by atoms with E-state index in [1.807, 2.05) is 18.2 Å². The molecule has 1 aromatic rings. The monoisotopic (exact) mass is 247 g/mol. The lowest BCUT2D eigenvalue weighted by atomic mass is 10.0. The zero-order valence-electron chi connectivity index (χ0n) is 10.9. The van der Waals surface area contributed by atoms with E-state index in [9.17, 15) is 4.79 Å². The highest BCUT2D eigenvalue weighted by atomic mass is 16.2. The summed E-state index contributed by atoms with van der Waals surface area (Å²) in [5.41, 5.74) is 4.49. The highest BCUT2D eigenvalue weighted by molar-refractivity contribution is 5.78. The van der Waals surface area contributed by atoms with Crippen LogP contribution in [-0.4, -0.2) is 23.9 Å². The summed E-state index contributed by atoms with van der Waals surface area (Å²) in [6, 6.07) is 8.10. The van der Waals surface area contributed by atoms with Crippen LogP contribution in [0, 0.1) is 5.92 Å². The van der Waals surface area contributed by atoms with Gasteiger partial charge in [0.1, 0.15) is 0 Å². The van der Waals surface area contributed by atoms with Crippen molar-refractivity contribution < 1.29 is 4.79 Å². The standard InChI is InChI=1S/C14H21N3O/c1-11-6-7-17(9-11)10-13-5-3-2-4-12(13)8-14(18)16-15/h2-5,11H,6-10,15H2,1H3,(H,16,18). The SMILES string of the molecule is CC1CCN(Cc2ccccc2CC(=O)NN)C1. The number of amides is 1. The predicted octanol–water partition coefficient (Wildman–Crippen LogP) is 1.06. The average Bonchev–Trinajstić information content (AvgIpc) is 2.77. The van der Waals surface area contributed by atoms with Crippen molar-refractivity contribution in [1.82, 2.24) is 10.3 Å².